The molecule has 0 fully saturated rings. The maximum absolute atomic E-state index is 11.8. The van der Waals surface area contributed by atoms with Gasteiger partial charge in [0.25, 0.3) is 0 Å². The van der Waals surface area contributed by atoms with Crippen molar-refractivity contribution in [3.8, 4) is 11.9 Å². The van der Waals surface area contributed by atoms with Crippen molar-refractivity contribution >= 4 is 0 Å². The molecule has 0 saturated heterocycles. The van der Waals surface area contributed by atoms with E-state index in [4.69, 9.17) is 5.26 Å². The van der Waals surface area contributed by atoms with Crippen LogP contribution >= 0.6 is 0 Å². The fourth-order valence-corrected chi connectivity index (χ4v) is 0.831. The number of rotatable bonds is 2. The van der Waals surface area contributed by atoms with E-state index in [-0.39, 0.29) is 5.88 Å². The van der Waals surface area contributed by atoms with E-state index in [0.29, 0.717) is 11.1 Å². The van der Waals surface area contributed by atoms with Gasteiger partial charge in [0.15, 0.2) is 0 Å². The minimum atomic E-state index is -2.89. The molecule has 0 unspecified atom stereocenters. The number of hydrogen-bond donors (Lipinski definition) is 0. The van der Waals surface area contributed by atoms with Crippen molar-refractivity contribution in [2.75, 3.05) is 0 Å². The number of aromatic nitrogens is 1. The molecule has 1 aromatic heterocycles. The number of nitriles is 1. The zero-order valence-electron chi connectivity index (χ0n) is 6.79. The van der Waals surface area contributed by atoms with Gasteiger partial charge >= 0.3 is 6.61 Å². The molecule has 1 heterocycles. The van der Waals surface area contributed by atoms with Gasteiger partial charge in [-0.1, -0.05) is 0 Å². The highest BCUT2D eigenvalue weighted by molar-refractivity contribution is 5.34. The number of halogens is 2. The average Bonchev–Trinajstić information content (AvgIpc) is 2.08. The van der Waals surface area contributed by atoms with Crippen molar-refractivity contribution in [3.63, 3.8) is 0 Å². The van der Waals surface area contributed by atoms with Crippen LogP contribution in [0, 0.1) is 18.3 Å². The van der Waals surface area contributed by atoms with Gasteiger partial charge in [-0.2, -0.15) is 14.0 Å². The summed E-state index contributed by atoms with van der Waals surface area (Å²) in [5.74, 6) is -0.144. The number of ether oxygens (including phenoxy) is 1. The van der Waals surface area contributed by atoms with Crippen LogP contribution in [0.1, 0.15) is 11.1 Å². The van der Waals surface area contributed by atoms with Gasteiger partial charge in [0, 0.05) is 11.8 Å². The quantitative estimate of drug-likeness (QED) is 0.704. The molecule has 0 aromatic carbocycles. The molecule has 0 bridgehead atoms. The summed E-state index contributed by atoms with van der Waals surface area (Å²) in [4.78, 5) is 3.56. The minimum Gasteiger partial charge on any atom is -0.417 e. The summed E-state index contributed by atoms with van der Waals surface area (Å²) in [5, 5.41) is 8.46. The summed E-state index contributed by atoms with van der Waals surface area (Å²) in [7, 11) is 0. The minimum absolute atomic E-state index is 0.144. The molecule has 1 aromatic rings. The number of aryl methyl sites for hydroxylation is 1. The Hall–Kier alpha value is -1.70. The first kappa shape index (κ1) is 9.39. The van der Waals surface area contributed by atoms with E-state index in [2.05, 4.69) is 9.72 Å². The van der Waals surface area contributed by atoms with Crippen LogP contribution in [0.5, 0.6) is 5.88 Å². The van der Waals surface area contributed by atoms with Crippen molar-refractivity contribution in [1.82, 2.24) is 4.98 Å². The maximum Gasteiger partial charge on any atom is 0.388 e. The molecular formula is C8H6F2N2O. The van der Waals surface area contributed by atoms with Crippen LogP contribution in [-0.4, -0.2) is 11.6 Å². The molecule has 1 rings (SSSR count). The van der Waals surface area contributed by atoms with Gasteiger partial charge < -0.3 is 4.74 Å². The van der Waals surface area contributed by atoms with Crippen molar-refractivity contribution in [2.45, 2.75) is 13.5 Å². The van der Waals surface area contributed by atoms with Gasteiger partial charge in [0.1, 0.15) is 6.07 Å². The van der Waals surface area contributed by atoms with Crippen LogP contribution in [0.15, 0.2) is 12.3 Å². The molecule has 0 aliphatic heterocycles. The number of hydrogen-bond acceptors (Lipinski definition) is 3. The molecule has 3 nitrogen and oxygen atoms in total. The largest absolute Gasteiger partial charge is 0.417 e. The Morgan fingerprint density at radius 1 is 1.62 bits per heavy atom. The van der Waals surface area contributed by atoms with Gasteiger partial charge in [-0.15, -0.1) is 0 Å². The lowest BCUT2D eigenvalue weighted by atomic mass is 10.2. The summed E-state index contributed by atoms with van der Waals surface area (Å²) in [6.45, 7) is -1.34. The third kappa shape index (κ3) is 2.37. The second-order valence-electron chi connectivity index (χ2n) is 2.34. The SMILES string of the molecule is Cc1cc(C#N)cnc1OC(F)F. The molecule has 13 heavy (non-hydrogen) atoms. The topological polar surface area (TPSA) is 45.9 Å². The van der Waals surface area contributed by atoms with Gasteiger partial charge in [-0.05, 0) is 13.0 Å². The Labute approximate surface area is 73.6 Å². The van der Waals surface area contributed by atoms with Gasteiger partial charge in [0.2, 0.25) is 5.88 Å². The summed E-state index contributed by atoms with van der Waals surface area (Å²) >= 11 is 0. The van der Waals surface area contributed by atoms with Crippen LogP contribution in [0.25, 0.3) is 0 Å². The lowest BCUT2D eigenvalue weighted by Crippen LogP contribution is -2.05. The normalized spacial score (nSPS) is 9.77. The first-order chi connectivity index (χ1) is 6.13. The van der Waals surface area contributed by atoms with Crippen molar-refractivity contribution < 1.29 is 13.5 Å². The number of nitrogens with zero attached hydrogens (tertiary/aromatic N) is 2. The maximum atomic E-state index is 11.8. The third-order valence-corrected chi connectivity index (χ3v) is 1.36. The third-order valence-electron chi connectivity index (χ3n) is 1.36. The monoisotopic (exact) mass is 184 g/mol. The highest BCUT2D eigenvalue weighted by Crippen LogP contribution is 2.16. The van der Waals surface area contributed by atoms with E-state index in [1.54, 1.807) is 6.92 Å². The fraction of sp³-hybridized carbons (Fsp3) is 0.250. The van der Waals surface area contributed by atoms with E-state index in [1.807, 2.05) is 6.07 Å². The van der Waals surface area contributed by atoms with Crippen LogP contribution in [0.2, 0.25) is 0 Å². The molecule has 0 aliphatic rings. The Morgan fingerprint density at radius 2 is 2.31 bits per heavy atom. The lowest BCUT2D eigenvalue weighted by molar-refractivity contribution is -0.0533. The molecular weight excluding hydrogens is 178 g/mol. The zero-order chi connectivity index (χ0) is 9.84. The number of pyridine rings is 1. The highest BCUT2D eigenvalue weighted by Gasteiger charge is 2.08. The van der Waals surface area contributed by atoms with E-state index in [1.165, 1.54) is 12.3 Å². The molecule has 0 N–H and O–H groups in total. The Morgan fingerprint density at radius 3 is 2.77 bits per heavy atom. The molecule has 0 radical (unpaired) electrons. The Kier molecular flexibility index (Phi) is 2.75. The Bertz CT molecular complexity index is 346. The smallest absolute Gasteiger partial charge is 0.388 e. The summed E-state index contributed by atoms with van der Waals surface area (Å²) < 4.78 is 27.6. The molecule has 0 saturated carbocycles. The predicted octanol–water partition coefficient (Wildman–Crippen LogP) is 1.86. The van der Waals surface area contributed by atoms with E-state index in [9.17, 15) is 8.78 Å². The van der Waals surface area contributed by atoms with Crippen LogP contribution in [0.3, 0.4) is 0 Å². The molecule has 0 aliphatic carbocycles. The first-order valence-corrected chi connectivity index (χ1v) is 3.45. The Balaban J connectivity index is 2.93. The lowest BCUT2D eigenvalue weighted by Gasteiger charge is -2.05. The summed E-state index contributed by atoms with van der Waals surface area (Å²) in [6.07, 6.45) is 1.19. The summed E-state index contributed by atoms with van der Waals surface area (Å²) in [5.41, 5.74) is 0.735. The summed E-state index contributed by atoms with van der Waals surface area (Å²) in [6, 6.07) is 3.28. The van der Waals surface area contributed by atoms with Crippen molar-refractivity contribution in [1.29, 1.82) is 5.26 Å². The van der Waals surface area contributed by atoms with E-state index >= 15 is 0 Å². The molecule has 0 amide bonds. The van der Waals surface area contributed by atoms with E-state index in [0.717, 1.165) is 0 Å². The fourth-order valence-electron chi connectivity index (χ4n) is 0.831. The zero-order valence-corrected chi connectivity index (χ0v) is 6.79. The highest BCUT2D eigenvalue weighted by atomic mass is 19.3. The average molecular weight is 184 g/mol. The molecule has 0 atom stereocenters. The van der Waals surface area contributed by atoms with Crippen LogP contribution in [0.4, 0.5) is 8.78 Å². The van der Waals surface area contributed by atoms with Crippen LogP contribution < -0.4 is 4.74 Å². The molecule has 5 heteroatoms. The van der Waals surface area contributed by atoms with Crippen LogP contribution in [-0.2, 0) is 0 Å². The second kappa shape index (κ2) is 3.81. The van der Waals surface area contributed by atoms with E-state index < -0.39 is 6.61 Å². The standard InChI is InChI=1S/C8H6F2N2O/c1-5-2-6(3-11)4-12-7(5)13-8(9)10/h2,4,8H,1H3. The number of alkyl halides is 2. The molecule has 68 valence electrons. The van der Waals surface area contributed by atoms with Gasteiger partial charge in [-0.25, -0.2) is 4.98 Å². The predicted molar refractivity (Wildman–Crippen MR) is 40.3 cm³/mol. The van der Waals surface area contributed by atoms with Crippen molar-refractivity contribution in [3.05, 3.63) is 23.4 Å². The van der Waals surface area contributed by atoms with Crippen molar-refractivity contribution in [2.24, 2.45) is 0 Å². The second-order valence-corrected chi connectivity index (χ2v) is 2.34. The first-order valence-electron chi connectivity index (χ1n) is 3.45. The van der Waals surface area contributed by atoms with Gasteiger partial charge in [-0.3, -0.25) is 0 Å². The molecule has 0 spiro atoms. The van der Waals surface area contributed by atoms with Gasteiger partial charge in [0.05, 0.1) is 5.56 Å².